The van der Waals surface area contributed by atoms with E-state index in [0.29, 0.717) is 24.7 Å². The van der Waals surface area contributed by atoms with Crippen LogP contribution in [0.1, 0.15) is 47.7 Å². The number of carbonyl (C=O) groups is 2. The molecule has 1 N–H and O–H groups in total. The zero-order valence-electron chi connectivity index (χ0n) is 19.5. The second-order valence-electron chi connectivity index (χ2n) is 8.59. The molecule has 1 aliphatic rings. The molecule has 0 spiro atoms. The van der Waals surface area contributed by atoms with Crippen LogP contribution in [-0.2, 0) is 11.2 Å². The molecule has 2 aromatic rings. The molecular formula is C25H32N4O4. The molecule has 1 saturated heterocycles. The lowest BCUT2D eigenvalue weighted by Crippen LogP contribution is -2.46. The molecule has 8 nitrogen and oxygen atoms in total. The number of anilines is 1. The van der Waals surface area contributed by atoms with Gasteiger partial charge in [0, 0.05) is 43.7 Å². The van der Waals surface area contributed by atoms with Crippen LogP contribution in [0.15, 0.2) is 42.5 Å². The summed E-state index contributed by atoms with van der Waals surface area (Å²) in [5, 5.41) is 14.2. The molecule has 8 heteroatoms. The Morgan fingerprint density at radius 1 is 1.18 bits per heavy atom. The number of nitrogens with one attached hydrogen (secondary N) is 1. The number of nitro benzene ring substituents is 1. The van der Waals surface area contributed by atoms with Crippen LogP contribution in [0.5, 0.6) is 0 Å². The standard InChI is InChI=1S/C25H32N4O4/c1-4-23(30)26-24-18(2)16-20(17-22(24)29(32)33)25(31)28-14-11-21(12-15-28)27(3)13-10-19-8-6-5-7-9-19/h5-9,16-17,21H,4,10-15H2,1-3H3,(H,26,30). The highest BCUT2D eigenvalue weighted by Gasteiger charge is 2.28. The number of rotatable bonds is 8. The topological polar surface area (TPSA) is 95.8 Å². The van der Waals surface area contributed by atoms with Gasteiger partial charge in [0.1, 0.15) is 5.69 Å². The van der Waals surface area contributed by atoms with E-state index in [1.54, 1.807) is 24.8 Å². The quantitative estimate of drug-likeness (QED) is 0.482. The van der Waals surface area contributed by atoms with Crippen molar-refractivity contribution in [3.8, 4) is 0 Å². The summed E-state index contributed by atoms with van der Waals surface area (Å²) in [5.41, 5.74) is 2.00. The van der Waals surface area contributed by atoms with E-state index in [-0.39, 0.29) is 35.2 Å². The van der Waals surface area contributed by atoms with Gasteiger partial charge in [-0.3, -0.25) is 19.7 Å². The Morgan fingerprint density at radius 3 is 2.45 bits per heavy atom. The third-order valence-corrected chi connectivity index (χ3v) is 6.31. The van der Waals surface area contributed by atoms with Gasteiger partial charge in [0.15, 0.2) is 0 Å². The highest BCUT2D eigenvalue weighted by Crippen LogP contribution is 2.31. The van der Waals surface area contributed by atoms with Crippen LogP contribution < -0.4 is 5.32 Å². The lowest BCUT2D eigenvalue weighted by Gasteiger charge is -2.37. The largest absolute Gasteiger partial charge is 0.339 e. The highest BCUT2D eigenvalue weighted by molar-refractivity contribution is 5.99. The molecule has 176 valence electrons. The van der Waals surface area contributed by atoms with E-state index >= 15 is 0 Å². The van der Waals surface area contributed by atoms with Gasteiger partial charge in [0.05, 0.1) is 4.92 Å². The summed E-state index contributed by atoms with van der Waals surface area (Å²) < 4.78 is 0. The van der Waals surface area contributed by atoms with Crippen LogP contribution in [0.25, 0.3) is 0 Å². The summed E-state index contributed by atoms with van der Waals surface area (Å²) in [6, 6.07) is 13.7. The number of likely N-dealkylation sites (N-methyl/N-ethyl adjacent to an activating group) is 1. The first-order valence-electron chi connectivity index (χ1n) is 11.4. The minimum absolute atomic E-state index is 0.155. The van der Waals surface area contributed by atoms with Gasteiger partial charge in [-0.15, -0.1) is 0 Å². The van der Waals surface area contributed by atoms with Crippen molar-refractivity contribution in [3.63, 3.8) is 0 Å². The Balaban J connectivity index is 1.63. The molecule has 0 unspecified atom stereocenters. The first-order chi connectivity index (χ1) is 15.8. The van der Waals surface area contributed by atoms with E-state index < -0.39 is 4.92 Å². The molecular weight excluding hydrogens is 420 g/mol. The normalized spacial score (nSPS) is 14.4. The van der Waals surface area contributed by atoms with Gasteiger partial charge < -0.3 is 15.1 Å². The summed E-state index contributed by atoms with van der Waals surface area (Å²) in [5.74, 6) is -0.515. The van der Waals surface area contributed by atoms with E-state index in [4.69, 9.17) is 0 Å². The summed E-state index contributed by atoms with van der Waals surface area (Å²) in [6.45, 7) is 5.53. The van der Waals surface area contributed by atoms with E-state index in [1.807, 2.05) is 6.07 Å². The van der Waals surface area contributed by atoms with Crippen LogP contribution in [0.3, 0.4) is 0 Å². The average Bonchev–Trinajstić information content (AvgIpc) is 2.83. The van der Waals surface area contributed by atoms with Crippen LogP contribution in [-0.4, -0.2) is 59.3 Å². The number of hydrogen-bond acceptors (Lipinski definition) is 5. The number of hydrogen-bond donors (Lipinski definition) is 1. The Hall–Kier alpha value is -3.26. The molecule has 0 aliphatic carbocycles. The van der Waals surface area contributed by atoms with Gasteiger partial charge in [-0.25, -0.2) is 0 Å². The van der Waals surface area contributed by atoms with Crippen molar-refractivity contribution < 1.29 is 14.5 Å². The Labute approximate surface area is 194 Å². The van der Waals surface area contributed by atoms with Crippen molar-refractivity contribution in [3.05, 3.63) is 69.3 Å². The van der Waals surface area contributed by atoms with E-state index in [1.165, 1.54) is 11.6 Å². The zero-order valence-corrected chi connectivity index (χ0v) is 19.5. The Kier molecular flexibility index (Phi) is 8.16. The van der Waals surface area contributed by atoms with Crippen LogP contribution >= 0.6 is 0 Å². The molecule has 2 aromatic carbocycles. The van der Waals surface area contributed by atoms with Crippen LogP contribution in [0, 0.1) is 17.0 Å². The van der Waals surface area contributed by atoms with Crippen molar-refractivity contribution in [1.82, 2.24) is 9.80 Å². The molecule has 0 radical (unpaired) electrons. The van der Waals surface area contributed by atoms with Crippen molar-refractivity contribution in [2.24, 2.45) is 0 Å². The van der Waals surface area contributed by atoms with Crippen molar-refractivity contribution in [1.29, 1.82) is 0 Å². The van der Waals surface area contributed by atoms with Gasteiger partial charge in [0.25, 0.3) is 11.6 Å². The fourth-order valence-corrected chi connectivity index (χ4v) is 4.25. The molecule has 1 fully saturated rings. The van der Waals surface area contributed by atoms with Gasteiger partial charge in [-0.1, -0.05) is 37.3 Å². The molecule has 0 aromatic heterocycles. The molecule has 0 atom stereocenters. The first-order valence-corrected chi connectivity index (χ1v) is 11.4. The monoisotopic (exact) mass is 452 g/mol. The molecule has 1 heterocycles. The van der Waals surface area contributed by atoms with Gasteiger partial charge in [0.2, 0.25) is 5.91 Å². The number of carbonyl (C=O) groups excluding carboxylic acids is 2. The SMILES string of the molecule is CCC(=O)Nc1c(C)cc(C(=O)N2CCC(N(C)CCc3ccccc3)CC2)cc1[N+](=O)[O-]. The van der Waals surface area contributed by atoms with Crippen molar-refractivity contribution in [2.45, 2.75) is 45.6 Å². The fraction of sp³-hybridized carbons (Fsp3) is 0.440. The minimum Gasteiger partial charge on any atom is -0.339 e. The lowest BCUT2D eigenvalue weighted by molar-refractivity contribution is -0.384. The van der Waals surface area contributed by atoms with Gasteiger partial charge >= 0.3 is 0 Å². The number of nitro groups is 1. The number of amides is 2. The van der Waals surface area contributed by atoms with E-state index in [2.05, 4.69) is 41.5 Å². The number of piperidine rings is 1. The van der Waals surface area contributed by atoms with Gasteiger partial charge in [-0.05, 0) is 50.4 Å². The molecule has 2 amide bonds. The number of benzene rings is 2. The Morgan fingerprint density at radius 2 is 1.85 bits per heavy atom. The number of nitrogens with zero attached hydrogens (tertiary/aromatic N) is 3. The smallest absolute Gasteiger partial charge is 0.293 e. The third-order valence-electron chi connectivity index (χ3n) is 6.31. The summed E-state index contributed by atoms with van der Waals surface area (Å²) in [6.07, 6.45) is 2.93. The predicted molar refractivity (Wildman–Crippen MR) is 128 cm³/mol. The fourth-order valence-electron chi connectivity index (χ4n) is 4.25. The van der Waals surface area contributed by atoms with Crippen molar-refractivity contribution in [2.75, 3.05) is 32.0 Å². The predicted octanol–water partition coefficient (Wildman–Crippen LogP) is 4.03. The maximum atomic E-state index is 13.1. The minimum atomic E-state index is -0.553. The molecule has 1 aliphatic heterocycles. The summed E-state index contributed by atoms with van der Waals surface area (Å²) in [7, 11) is 2.13. The maximum Gasteiger partial charge on any atom is 0.293 e. The maximum absolute atomic E-state index is 13.1. The van der Waals surface area contributed by atoms with Crippen LogP contribution in [0.4, 0.5) is 11.4 Å². The molecule has 33 heavy (non-hydrogen) atoms. The number of aryl methyl sites for hydroxylation is 1. The molecule has 3 rings (SSSR count). The Bertz CT molecular complexity index is 1000. The van der Waals surface area contributed by atoms with Crippen molar-refractivity contribution >= 4 is 23.2 Å². The second kappa shape index (κ2) is 11.0. The molecule has 0 saturated carbocycles. The first kappa shape index (κ1) is 24.4. The lowest BCUT2D eigenvalue weighted by atomic mass is 10.0. The number of likely N-dealkylation sites (tertiary alicyclic amines) is 1. The van der Waals surface area contributed by atoms with Gasteiger partial charge in [-0.2, -0.15) is 0 Å². The average molecular weight is 453 g/mol. The summed E-state index contributed by atoms with van der Waals surface area (Å²) in [4.78, 5) is 40.1. The van der Waals surface area contributed by atoms with E-state index in [9.17, 15) is 19.7 Å². The third kappa shape index (κ3) is 6.16. The molecule has 0 bridgehead atoms. The van der Waals surface area contributed by atoms with E-state index in [0.717, 1.165) is 25.8 Å². The summed E-state index contributed by atoms with van der Waals surface area (Å²) >= 11 is 0. The highest BCUT2D eigenvalue weighted by atomic mass is 16.6. The zero-order chi connectivity index (χ0) is 24.0. The second-order valence-corrected chi connectivity index (χ2v) is 8.59. The van der Waals surface area contributed by atoms with Crippen LogP contribution in [0.2, 0.25) is 0 Å².